The molecule has 0 rings (SSSR count). The van der Waals surface area contributed by atoms with Gasteiger partial charge in [0.2, 0.25) is 23.6 Å². The smallest absolute Gasteiger partial charge is 0.250 e. The third kappa shape index (κ3) is 17.0. The second-order valence-electron chi connectivity index (χ2n) is 15.6. The van der Waals surface area contributed by atoms with Gasteiger partial charge in [0.15, 0.2) is 23.7 Å². The van der Waals surface area contributed by atoms with E-state index < -0.39 is 93.5 Å². The number of hydrogen-bond donors (Lipinski definition) is 6. The Labute approximate surface area is 279 Å². The van der Waals surface area contributed by atoms with Crippen LogP contribution in [0.3, 0.4) is 0 Å². The number of Topliss-reactive ketones (excluding diaryl/α,β-unsaturated/α-hetero) is 2. The minimum Gasteiger partial charge on any atom is -0.368 e. The van der Waals surface area contributed by atoms with E-state index in [1.54, 1.807) is 20.8 Å². The second kappa shape index (κ2) is 17.9. The van der Waals surface area contributed by atoms with E-state index in [9.17, 15) is 38.4 Å². The summed E-state index contributed by atoms with van der Waals surface area (Å²) in [6, 6.07) is -6.88. The molecule has 14 heteroatoms. The van der Waals surface area contributed by atoms with Crippen molar-refractivity contribution in [2.75, 3.05) is 0 Å². The molecule has 7 N–H and O–H groups in total. The molecule has 6 amide bonds. The van der Waals surface area contributed by atoms with Gasteiger partial charge >= 0.3 is 0 Å². The Hall–Kier alpha value is -3.84. The standard InChI is InChI=1S/C33H58N6O8/c1-13-22(41)24(29(46)36-19(26(34)43)15-31(4,5)6)39-28(45)21(17-33(10,11)12)37-30(47)25(23(42)14-2)38-27(44)20(35-18(3)40)16-32(7,8)9/h19-21,24-25H,13-17H2,1-12H3,(H2,34,43)(H,35,40)(H,36,46)(H,37,47)(H,38,44)(H,39,45). The molecule has 0 aliphatic rings. The Balaban J connectivity index is 6.35. The lowest BCUT2D eigenvalue weighted by atomic mass is 9.87. The van der Waals surface area contributed by atoms with Crippen LogP contribution in [-0.4, -0.2) is 77.2 Å². The van der Waals surface area contributed by atoms with Gasteiger partial charge in [0.25, 0.3) is 11.8 Å². The van der Waals surface area contributed by atoms with Crippen molar-refractivity contribution in [3.05, 3.63) is 0 Å². The van der Waals surface area contributed by atoms with Crippen molar-refractivity contribution in [2.24, 2.45) is 22.0 Å². The molecule has 0 aliphatic heterocycles. The molecule has 0 saturated heterocycles. The largest absolute Gasteiger partial charge is 0.368 e. The number of primary amides is 1. The van der Waals surface area contributed by atoms with Crippen LogP contribution >= 0.6 is 0 Å². The van der Waals surface area contributed by atoms with Gasteiger partial charge in [0.1, 0.15) is 18.1 Å². The summed E-state index contributed by atoms with van der Waals surface area (Å²) in [5, 5.41) is 12.4. The molecule has 0 aromatic heterocycles. The van der Waals surface area contributed by atoms with Crippen molar-refractivity contribution in [1.29, 1.82) is 0 Å². The highest BCUT2D eigenvalue weighted by Gasteiger charge is 2.38. The third-order valence-electron chi connectivity index (χ3n) is 6.87. The number of carbonyl (C=O) groups is 8. The first kappa shape index (κ1) is 43.2. The summed E-state index contributed by atoms with van der Waals surface area (Å²) in [5.41, 5.74) is 4.13. The van der Waals surface area contributed by atoms with E-state index in [1.165, 1.54) is 20.8 Å². The molecule has 0 bridgehead atoms. The summed E-state index contributed by atoms with van der Waals surface area (Å²) in [6.07, 6.45) is 0.157. The molecule has 0 fully saturated rings. The molecule has 268 valence electrons. The topological polar surface area (TPSA) is 223 Å². The van der Waals surface area contributed by atoms with Crippen LogP contribution < -0.4 is 32.3 Å². The van der Waals surface area contributed by atoms with Gasteiger partial charge in [-0.1, -0.05) is 76.2 Å². The lowest BCUT2D eigenvalue weighted by Gasteiger charge is -2.30. The fourth-order valence-corrected chi connectivity index (χ4v) is 4.71. The van der Waals surface area contributed by atoms with Crippen LogP contribution in [0, 0.1) is 16.2 Å². The highest BCUT2D eigenvalue weighted by Crippen LogP contribution is 2.23. The number of nitrogens with one attached hydrogen (secondary N) is 5. The zero-order chi connectivity index (χ0) is 37.1. The van der Waals surface area contributed by atoms with Crippen LogP contribution in [0.2, 0.25) is 0 Å². The van der Waals surface area contributed by atoms with E-state index in [0.29, 0.717) is 0 Å². The van der Waals surface area contributed by atoms with Gasteiger partial charge < -0.3 is 32.3 Å². The number of rotatable bonds is 17. The molecule has 5 unspecified atom stereocenters. The fraction of sp³-hybridized carbons (Fsp3) is 0.758. The lowest BCUT2D eigenvalue weighted by molar-refractivity contribution is -0.140. The summed E-state index contributed by atoms with van der Waals surface area (Å²) in [7, 11) is 0. The molecular weight excluding hydrogens is 608 g/mol. The van der Waals surface area contributed by atoms with Gasteiger partial charge in [0, 0.05) is 19.8 Å². The first-order valence-corrected chi connectivity index (χ1v) is 16.0. The summed E-state index contributed by atoms with van der Waals surface area (Å²) in [4.78, 5) is 103. The van der Waals surface area contributed by atoms with E-state index in [1.807, 2.05) is 41.5 Å². The van der Waals surface area contributed by atoms with Crippen LogP contribution in [0.25, 0.3) is 0 Å². The zero-order valence-corrected chi connectivity index (χ0v) is 30.3. The van der Waals surface area contributed by atoms with Crippen molar-refractivity contribution >= 4 is 47.0 Å². The van der Waals surface area contributed by atoms with Crippen molar-refractivity contribution < 1.29 is 38.4 Å². The van der Waals surface area contributed by atoms with Crippen molar-refractivity contribution in [1.82, 2.24) is 26.6 Å². The predicted molar refractivity (Wildman–Crippen MR) is 177 cm³/mol. The number of nitrogens with two attached hydrogens (primary N) is 1. The Morgan fingerprint density at radius 3 is 1.06 bits per heavy atom. The Bertz CT molecular complexity index is 1180. The molecule has 14 nitrogen and oxygen atoms in total. The molecular formula is C33H58N6O8. The maximum Gasteiger partial charge on any atom is 0.250 e. The first-order valence-electron chi connectivity index (χ1n) is 16.0. The fourth-order valence-electron chi connectivity index (χ4n) is 4.71. The molecule has 0 spiro atoms. The first-order chi connectivity index (χ1) is 21.2. The van der Waals surface area contributed by atoms with Crippen LogP contribution in [0.1, 0.15) is 115 Å². The molecule has 0 aliphatic carbocycles. The normalized spacial score (nSPS) is 15.1. The molecule has 0 aromatic rings. The SMILES string of the molecule is CCC(=O)C(NC(=O)C(CC(C)(C)C)NC(=O)C(NC(=O)C(CC(C)(C)C)NC(C)=O)C(=O)CC)C(=O)NC(CC(C)(C)C)C(N)=O. The average molecular weight is 667 g/mol. The van der Waals surface area contributed by atoms with Crippen LogP contribution in [0.15, 0.2) is 0 Å². The number of hydrogen-bond acceptors (Lipinski definition) is 8. The summed E-state index contributed by atoms with van der Waals surface area (Å²) in [5.74, 6) is -6.13. The maximum atomic E-state index is 13.6. The average Bonchev–Trinajstić information content (AvgIpc) is 2.89. The van der Waals surface area contributed by atoms with E-state index in [-0.39, 0.29) is 32.1 Å². The number of carbonyl (C=O) groups excluding carboxylic acids is 8. The summed E-state index contributed by atoms with van der Waals surface area (Å²) >= 11 is 0. The zero-order valence-electron chi connectivity index (χ0n) is 30.3. The second-order valence-corrected chi connectivity index (χ2v) is 15.6. The highest BCUT2D eigenvalue weighted by atomic mass is 16.2. The summed E-state index contributed by atoms with van der Waals surface area (Å²) < 4.78 is 0. The highest BCUT2D eigenvalue weighted by molar-refractivity contribution is 6.11. The molecule has 47 heavy (non-hydrogen) atoms. The lowest BCUT2D eigenvalue weighted by Crippen LogP contribution is -2.62. The van der Waals surface area contributed by atoms with Gasteiger partial charge in [-0.25, -0.2) is 0 Å². The van der Waals surface area contributed by atoms with E-state index in [4.69, 9.17) is 5.73 Å². The molecule has 0 saturated carbocycles. The third-order valence-corrected chi connectivity index (χ3v) is 6.87. The monoisotopic (exact) mass is 666 g/mol. The molecule has 0 heterocycles. The van der Waals surface area contributed by atoms with E-state index in [0.717, 1.165) is 0 Å². The van der Waals surface area contributed by atoms with E-state index in [2.05, 4.69) is 26.6 Å². The molecule has 0 radical (unpaired) electrons. The van der Waals surface area contributed by atoms with Gasteiger partial charge in [-0.15, -0.1) is 0 Å². The van der Waals surface area contributed by atoms with Gasteiger partial charge in [-0.2, -0.15) is 0 Å². The van der Waals surface area contributed by atoms with Gasteiger partial charge in [-0.05, 0) is 35.5 Å². The van der Waals surface area contributed by atoms with Crippen molar-refractivity contribution in [2.45, 2.75) is 145 Å². The Kier molecular flexibility index (Phi) is 16.4. The minimum absolute atomic E-state index is 0.0205. The maximum absolute atomic E-state index is 13.6. The minimum atomic E-state index is -1.70. The Morgan fingerprint density at radius 1 is 0.489 bits per heavy atom. The van der Waals surface area contributed by atoms with Crippen LogP contribution in [0.5, 0.6) is 0 Å². The van der Waals surface area contributed by atoms with E-state index >= 15 is 0 Å². The summed E-state index contributed by atoms with van der Waals surface area (Å²) in [6.45, 7) is 20.8. The number of amides is 6. The van der Waals surface area contributed by atoms with Crippen molar-refractivity contribution in [3.63, 3.8) is 0 Å². The Morgan fingerprint density at radius 2 is 0.787 bits per heavy atom. The quantitative estimate of drug-likeness (QED) is 0.123. The van der Waals surface area contributed by atoms with Gasteiger partial charge in [0.05, 0.1) is 0 Å². The predicted octanol–water partition coefficient (Wildman–Crippen LogP) is 1.18. The number of ketones is 2. The van der Waals surface area contributed by atoms with Gasteiger partial charge in [-0.3, -0.25) is 38.4 Å². The van der Waals surface area contributed by atoms with Crippen molar-refractivity contribution in [3.8, 4) is 0 Å². The van der Waals surface area contributed by atoms with Crippen LogP contribution in [0.4, 0.5) is 0 Å². The van der Waals surface area contributed by atoms with Crippen LogP contribution in [-0.2, 0) is 38.4 Å². The molecule has 0 aromatic carbocycles. The molecule has 5 atom stereocenters.